The van der Waals surface area contributed by atoms with E-state index in [9.17, 15) is 10.1 Å². The Morgan fingerprint density at radius 2 is 2.22 bits per heavy atom. The largest absolute Gasteiger partial charge is 0.337 e. The molecule has 0 bridgehead atoms. The monoisotopic (exact) mass is 249 g/mol. The molecule has 2 atom stereocenters. The van der Waals surface area contributed by atoms with Gasteiger partial charge in [-0.15, -0.1) is 0 Å². The molecule has 4 nitrogen and oxygen atoms in total. The highest BCUT2D eigenvalue weighted by Crippen LogP contribution is 2.39. The van der Waals surface area contributed by atoms with E-state index in [1.807, 2.05) is 6.92 Å². The Labute approximate surface area is 109 Å². The van der Waals surface area contributed by atoms with Crippen LogP contribution in [0.1, 0.15) is 39.5 Å². The van der Waals surface area contributed by atoms with Gasteiger partial charge >= 0.3 is 0 Å². The van der Waals surface area contributed by atoms with E-state index in [4.69, 9.17) is 0 Å². The van der Waals surface area contributed by atoms with Crippen molar-refractivity contribution in [3.8, 4) is 6.07 Å². The second-order valence-electron chi connectivity index (χ2n) is 6.12. The molecule has 1 amide bonds. The van der Waals surface area contributed by atoms with Crippen molar-refractivity contribution in [3.05, 3.63) is 0 Å². The molecule has 0 unspecified atom stereocenters. The van der Waals surface area contributed by atoms with E-state index in [-0.39, 0.29) is 5.91 Å². The Morgan fingerprint density at radius 1 is 1.50 bits per heavy atom. The maximum absolute atomic E-state index is 12.0. The molecule has 100 valence electrons. The molecule has 0 spiro atoms. The summed E-state index contributed by atoms with van der Waals surface area (Å²) in [6.07, 6.45) is 4.55. The summed E-state index contributed by atoms with van der Waals surface area (Å²) in [6, 6.07) is 2.27. The van der Waals surface area contributed by atoms with Gasteiger partial charge in [0.1, 0.15) is 5.54 Å². The van der Waals surface area contributed by atoms with Crippen molar-refractivity contribution in [1.29, 1.82) is 5.26 Å². The maximum atomic E-state index is 12.0. The maximum Gasteiger partial charge on any atom is 0.235 e. The molecule has 18 heavy (non-hydrogen) atoms. The van der Waals surface area contributed by atoms with Gasteiger partial charge in [-0.05, 0) is 51.0 Å². The van der Waals surface area contributed by atoms with Gasteiger partial charge in [-0.2, -0.15) is 5.26 Å². The van der Waals surface area contributed by atoms with Crippen molar-refractivity contribution in [2.75, 3.05) is 19.6 Å². The molecule has 0 aromatic carbocycles. The first-order valence-electron chi connectivity index (χ1n) is 6.98. The fourth-order valence-electron chi connectivity index (χ4n) is 2.84. The van der Waals surface area contributed by atoms with Crippen LogP contribution in [0.15, 0.2) is 0 Å². The molecule has 1 aliphatic carbocycles. The summed E-state index contributed by atoms with van der Waals surface area (Å²) < 4.78 is 0. The molecule has 1 saturated heterocycles. The highest BCUT2D eigenvalue weighted by atomic mass is 16.2. The van der Waals surface area contributed by atoms with Crippen LogP contribution < -0.4 is 5.32 Å². The van der Waals surface area contributed by atoms with Gasteiger partial charge in [-0.25, -0.2) is 0 Å². The van der Waals surface area contributed by atoms with Crippen LogP contribution in [0.5, 0.6) is 0 Å². The molecule has 1 heterocycles. The van der Waals surface area contributed by atoms with E-state index < -0.39 is 5.54 Å². The molecular weight excluding hydrogens is 226 g/mol. The Kier molecular flexibility index (Phi) is 3.91. The molecule has 2 rings (SSSR count). The predicted molar refractivity (Wildman–Crippen MR) is 69.7 cm³/mol. The molecule has 0 radical (unpaired) electrons. The first-order chi connectivity index (χ1) is 8.53. The first kappa shape index (κ1) is 13.4. The Balaban J connectivity index is 1.83. The van der Waals surface area contributed by atoms with E-state index in [1.165, 1.54) is 12.8 Å². The van der Waals surface area contributed by atoms with Crippen molar-refractivity contribution in [2.24, 2.45) is 11.8 Å². The van der Waals surface area contributed by atoms with Crippen LogP contribution in [0.25, 0.3) is 0 Å². The minimum absolute atomic E-state index is 0.0000463. The molecule has 4 heteroatoms. The zero-order valence-electron chi connectivity index (χ0n) is 11.4. The van der Waals surface area contributed by atoms with Gasteiger partial charge in [0.15, 0.2) is 0 Å². The number of carbonyl (C=O) groups excluding carboxylic acids is 1. The standard InChI is InChI=1S/C14H23N3O/c1-11-4-3-7-17(8-11)9-13(18)16-14(2,10-15)12-5-6-12/h11-12H,3-9H2,1-2H3,(H,16,18)/t11-,14-/m0/s1. The second-order valence-corrected chi connectivity index (χ2v) is 6.12. The Hall–Kier alpha value is -1.08. The van der Waals surface area contributed by atoms with Crippen LogP contribution in [0.3, 0.4) is 0 Å². The van der Waals surface area contributed by atoms with Crippen molar-refractivity contribution in [3.63, 3.8) is 0 Å². The molecule has 1 N–H and O–H groups in total. The van der Waals surface area contributed by atoms with Crippen molar-refractivity contribution in [2.45, 2.75) is 45.1 Å². The van der Waals surface area contributed by atoms with Crippen LogP contribution in [-0.2, 0) is 4.79 Å². The van der Waals surface area contributed by atoms with Crippen molar-refractivity contribution >= 4 is 5.91 Å². The molecular formula is C14H23N3O. The molecule has 0 aromatic heterocycles. The van der Waals surface area contributed by atoms with E-state index >= 15 is 0 Å². The van der Waals surface area contributed by atoms with Crippen molar-refractivity contribution < 1.29 is 4.79 Å². The van der Waals surface area contributed by atoms with E-state index in [2.05, 4.69) is 23.2 Å². The minimum Gasteiger partial charge on any atom is -0.337 e. The third kappa shape index (κ3) is 3.23. The third-order valence-electron chi connectivity index (χ3n) is 4.13. The van der Waals surface area contributed by atoms with Crippen LogP contribution in [-0.4, -0.2) is 36.0 Å². The van der Waals surface area contributed by atoms with Gasteiger partial charge in [0.2, 0.25) is 5.91 Å². The topological polar surface area (TPSA) is 56.1 Å². The van der Waals surface area contributed by atoms with Crippen molar-refractivity contribution in [1.82, 2.24) is 10.2 Å². The van der Waals surface area contributed by atoms with Gasteiger partial charge < -0.3 is 5.32 Å². The number of likely N-dealkylation sites (tertiary alicyclic amines) is 1. The van der Waals surface area contributed by atoms with Gasteiger partial charge in [0.05, 0.1) is 12.6 Å². The summed E-state index contributed by atoms with van der Waals surface area (Å²) in [4.78, 5) is 14.2. The zero-order valence-corrected chi connectivity index (χ0v) is 11.4. The quantitative estimate of drug-likeness (QED) is 0.822. The highest BCUT2D eigenvalue weighted by Gasteiger charge is 2.43. The number of hydrogen-bond acceptors (Lipinski definition) is 3. The number of nitrogens with zero attached hydrogens (tertiary/aromatic N) is 2. The van der Waals surface area contributed by atoms with Crippen LogP contribution >= 0.6 is 0 Å². The minimum atomic E-state index is -0.654. The Morgan fingerprint density at radius 3 is 2.78 bits per heavy atom. The number of amides is 1. The average Bonchev–Trinajstić information content (AvgIpc) is 3.12. The fraction of sp³-hybridized carbons (Fsp3) is 0.857. The van der Waals surface area contributed by atoms with Gasteiger partial charge in [0.25, 0.3) is 0 Å². The number of hydrogen-bond donors (Lipinski definition) is 1. The van der Waals surface area contributed by atoms with Gasteiger partial charge in [-0.3, -0.25) is 9.69 Å². The van der Waals surface area contributed by atoms with Gasteiger partial charge in [-0.1, -0.05) is 6.92 Å². The highest BCUT2D eigenvalue weighted by molar-refractivity contribution is 5.79. The lowest BCUT2D eigenvalue weighted by Crippen LogP contribution is -2.51. The summed E-state index contributed by atoms with van der Waals surface area (Å²) in [5.74, 6) is 1.03. The summed E-state index contributed by atoms with van der Waals surface area (Å²) in [5.41, 5.74) is -0.654. The second kappa shape index (κ2) is 5.27. The number of nitrogens with one attached hydrogen (secondary N) is 1. The number of nitriles is 1. The summed E-state index contributed by atoms with van der Waals surface area (Å²) >= 11 is 0. The van der Waals surface area contributed by atoms with E-state index in [0.29, 0.717) is 18.4 Å². The molecule has 0 aromatic rings. The van der Waals surface area contributed by atoms with E-state index in [0.717, 1.165) is 25.9 Å². The number of piperidine rings is 1. The first-order valence-corrected chi connectivity index (χ1v) is 6.98. The predicted octanol–water partition coefficient (Wildman–Crippen LogP) is 1.53. The molecule has 2 fully saturated rings. The summed E-state index contributed by atoms with van der Waals surface area (Å²) in [7, 11) is 0. The summed E-state index contributed by atoms with van der Waals surface area (Å²) in [5, 5.41) is 12.1. The number of rotatable bonds is 4. The van der Waals surface area contributed by atoms with Crippen LogP contribution in [0, 0.1) is 23.2 Å². The molecule has 1 aliphatic heterocycles. The van der Waals surface area contributed by atoms with Gasteiger partial charge in [0, 0.05) is 6.54 Å². The normalized spacial score (nSPS) is 28.2. The SMILES string of the molecule is C[C@H]1CCCN(CC(=O)N[C@@](C)(C#N)C2CC2)C1. The lowest BCUT2D eigenvalue weighted by atomic mass is 9.97. The molecule has 1 saturated carbocycles. The average molecular weight is 249 g/mol. The molecule has 2 aliphatic rings. The number of carbonyl (C=O) groups is 1. The lowest BCUT2D eigenvalue weighted by molar-refractivity contribution is -0.124. The smallest absolute Gasteiger partial charge is 0.235 e. The van der Waals surface area contributed by atoms with E-state index in [1.54, 1.807) is 0 Å². The zero-order chi connectivity index (χ0) is 13.2. The Bertz CT molecular complexity index is 359. The lowest BCUT2D eigenvalue weighted by Gasteiger charge is -2.31. The van der Waals surface area contributed by atoms with Crippen LogP contribution in [0.4, 0.5) is 0 Å². The fourth-order valence-corrected chi connectivity index (χ4v) is 2.84. The van der Waals surface area contributed by atoms with Crippen LogP contribution in [0.2, 0.25) is 0 Å². The summed E-state index contributed by atoms with van der Waals surface area (Å²) in [6.45, 7) is 6.52. The third-order valence-corrected chi connectivity index (χ3v) is 4.13.